The molecular formula is C66H40N2O4. The highest BCUT2D eigenvalue weighted by Crippen LogP contribution is 2.53. The Morgan fingerprint density at radius 2 is 0.556 bits per heavy atom. The second-order valence-electron chi connectivity index (χ2n) is 19.2. The Balaban J connectivity index is 0.999. The molecule has 6 nitrogen and oxygen atoms in total. The van der Waals surface area contributed by atoms with Gasteiger partial charge in [0.15, 0.2) is 22.3 Å². The molecule has 0 aliphatic rings. The molecule has 0 fully saturated rings. The van der Waals surface area contributed by atoms with Crippen molar-refractivity contribution in [1.82, 2.24) is 0 Å². The van der Waals surface area contributed by atoms with Crippen LogP contribution in [0.25, 0.3) is 120 Å². The molecule has 0 amide bonds. The van der Waals surface area contributed by atoms with Crippen LogP contribution in [0.3, 0.4) is 0 Å². The third-order valence-corrected chi connectivity index (χ3v) is 15.2. The Hall–Kier alpha value is -9.52. The molecule has 6 heteroatoms. The lowest BCUT2D eigenvalue weighted by atomic mass is 9.91. The van der Waals surface area contributed by atoms with Crippen molar-refractivity contribution in [2.45, 2.75) is 13.8 Å². The topological polar surface area (TPSA) is 59.0 Å². The van der Waals surface area contributed by atoms with E-state index in [0.717, 1.165) is 155 Å². The normalized spacial score (nSPS) is 12.3. The zero-order chi connectivity index (χ0) is 47.3. The van der Waals surface area contributed by atoms with Crippen LogP contribution in [0.1, 0.15) is 11.1 Å². The van der Waals surface area contributed by atoms with E-state index in [2.05, 4.69) is 206 Å². The van der Waals surface area contributed by atoms with Gasteiger partial charge in [0.05, 0.1) is 34.1 Å². The molecule has 338 valence electrons. The molecule has 16 rings (SSSR count). The van der Waals surface area contributed by atoms with Gasteiger partial charge in [-0.2, -0.15) is 0 Å². The smallest absolute Gasteiger partial charge is 0.159 e. The van der Waals surface area contributed by atoms with Crippen LogP contribution < -0.4 is 9.80 Å². The van der Waals surface area contributed by atoms with E-state index in [9.17, 15) is 0 Å². The van der Waals surface area contributed by atoms with Crippen molar-refractivity contribution in [3.8, 4) is 0 Å². The monoisotopic (exact) mass is 924 g/mol. The molecule has 0 aliphatic carbocycles. The van der Waals surface area contributed by atoms with Crippen LogP contribution >= 0.6 is 0 Å². The lowest BCUT2D eigenvalue weighted by Crippen LogP contribution is -2.12. The van der Waals surface area contributed by atoms with Crippen LogP contribution in [-0.2, 0) is 0 Å². The highest BCUT2D eigenvalue weighted by molar-refractivity contribution is 6.29. The summed E-state index contributed by atoms with van der Waals surface area (Å²) in [6.07, 6.45) is 0. The first-order valence-electron chi connectivity index (χ1n) is 24.5. The molecule has 0 bridgehead atoms. The van der Waals surface area contributed by atoms with Crippen molar-refractivity contribution in [1.29, 1.82) is 0 Å². The fourth-order valence-electron chi connectivity index (χ4n) is 12.0. The SMILES string of the molecule is Cc1cccc2c1oc1c(N(c3ccc4ccc5c(N(c6cccc7c6oc6ccccc67)c6cccc7c6oc6c(C)cccc67)ccc6ccc3c4c65)c3cccc4c3oc3ccccc34)cccc12. The van der Waals surface area contributed by atoms with Gasteiger partial charge in [0.25, 0.3) is 0 Å². The Morgan fingerprint density at radius 1 is 0.236 bits per heavy atom. The molecule has 0 saturated carbocycles. The molecular weight excluding hydrogens is 885 g/mol. The maximum absolute atomic E-state index is 6.97. The van der Waals surface area contributed by atoms with Crippen LogP contribution in [0.4, 0.5) is 34.1 Å². The largest absolute Gasteiger partial charge is 0.454 e. The summed E-state index contributed by atoms with van der Waals surface area (Å²) in [5, 5.41) is 15.4. The summed E-state index contributed by atoms with van der Waals surface area (Å²) in [5.74, 6) is 0. The van der Waals surface area contributed by atoms with E-state index >= 15 is 0 Å². The Morgan fingerprint density at radius 3 is 0.972 bits per heavy atom. The highest BCUT2D eigenvalue weighted by atomic mass is 16.3. The van der Waals surface area contributed by atoms with E-state index in [0.29, 0.717) is 0 Å². The summed E-state index contributed by atoms with van der Waals surface area (Å²) < 4.78 is 27.7. The van der Waals surface area contributed by atoms with Gasteiger partial charge < -0.3 is 27.5 Å². The van der Waals surface area contributed by atoms with Gasteiger partial charge in [-0.05, 0) is 95.1 Å². The fourth-order valence-corrected chi connectivity index (χ4v) is 12.0. The average molecular weight is 925 g/mol. The third-order valence-electron chi connectivity index (χ3n) is 15.2. The first kappa shape index (κ1) is 39.3. The Labute approximate surface area is 411 Å². The van der Waals surface area contributed by atoms with Gasteiger partial charge >= 0.3 is 0 Å². The summed E-state index contributed by atoms with van der Waals surface area (Å²) >= 11 is 0. The van der Waals surface area contributed by atoms with Crippen LogP contribution in [0.2, 0.25) is 0 Å². The predicted molar refractivity (Wildman–Crippen MR) is 298 cm³/mol. The minimum Gasteiger partial charge on any atom is -0.454 e. The maximum Gasteiger partial charge on any atom is 0.159 e. The molecule has 4 aromatic heterocycles. The van der Waals surface area contributed by atoms with Crippen LogP contribution in [-0.4, -0.2) is 0 Å². The summed E-state index contributed by atoms with van der Waals surface area (Å²) in [6, 6.07) is 73.4. The zero-order valence-electron chi connectivity index (χ0n) is 39.2. The number of furan rings is 4. The van der Waals surface area contributed by atoms with Crippen LogP contribution in [0, 0.1) is 13.8 Å². The van der Waals surface area contributed by atoms with E-state index in [1.807, 2.05) is 24.3 Å². The van der Waals surface area contributed by atoms with Gasteiger partial charge in [0.2, 0.25) is 0 Å². The molecule has 0 aliphatic heterocycles. The summed E-state index contributed by atoms with van der Waals surface area (Å²) in [4.78, 5) is 4.72. The zero-order valence-corrected chi connectivity index (χ0v) is 39.2. The van der Waals surface area contributed by atoms with Gasteiger partial charge in [-0.15, -0.1) is 0 Å². The first-order valence-corrected chi connectivity index (χ1v) is 24.5. The predicted octanol–water partition coefficient (Wildman–Crippen LogP) is 19.7. The van der Waals surface area contributed by atoms with Crippen molar-refractivity contribution < 1.29 is 17.7 Å². The molecule has 0 N–H and O–H groups in total. The molecule has 0 spiro atoms. The number of hydrogen-bond acceptors (Lipinski definition) is 6. The molecule has 0 radical (unpaired) electrons. The first-order chi connectivity index (χ1) is 35.6. The number of para-hydroxylation sites is 8. The Kier molecular flexibility index (Phi) is 7.93. The Bertz CT molecular complexity index is 4620. The van der Waals surface area contributed by atoms with E-state index in [1.165, 1.54) is 10.8 Å². The van der Waals surface area contributed by atoms with Gasteiger partial charge in [-0.1, -0.05) is 158 Å². The number of hydrogen-bond donors (Lipinski definition) is 0. The number of rotatable bonds is 6. The van der Waals surface area contributed by atoms with Crippen molar-refractivity contribution in [3.05, 3.63) is 217 Å². The second kappa shape index (κ2) is 14.5. The van der Waals surface area contributed by atoms with E-state index in [1.54, 1.807) is 0 Å². The average Bonchev–Trinajstić information content (AvgIpc) is 4.21. The quantitative estimate of drug-likeness (QED) is 0.155. The van der Waals surface area contributed by atoms with Crippen molar-refractivity contribution in [2.75, 3.05) is 9.80 Å². The molecule has 12 aromatic carbocycles. The van der Waals surface area contributed by atoms with Crippen molar-refractivity contribution in [3.63, 3.8) is 0 Å². The summed E-state index contributed by atoms with van der Waals surface area (Å²) in [7, 11) is 0. The van der Waals surface area contributed by atoms with Crippen LogP contribution in [0.15, 0.2) is 224 Å². The van der Waals surface area contributed by atoms with Gasteiger partial charge in [-0.3, -0.25) is 0 Å². The van der Waals surface area contributed by atoms with Gasteiger partial charge in [0, 0.05) is 53.9 Å². The minimum absolute atomic E-state index is 0.807. The number of fused-ring (bicyclic) bond motifs is 12. The molecule has 0 atom stereocenters. The summed E-state index contributed by atoms with van der Waals surface area (Å²) in [5.41, 5.74) is 14.6. The number of aryl methyl sites for hydroxylation is 2. The molecule has 4 heterocycles. The molecule has 0 unspecified atom stereocenters. The third kappa shape index (κ3) is 5.32. The fraction of sp³-hybridized carbons (Fsp3) is 0.0303. The van der Waals surface area contributed by atoms with E-state index in [-0.39, 0.29) is 0 Å². The van der Waals surface area contributed by atoms with Crippen molar-refractivity contribution in [2.24, 2.45) is 0 Å². The van der Waals surface area contributed by atoms with E-state index < -0.39 is 0 Å². The second-order valence-corrected chi connectivity index (χ2v) is 19.2. The summed E-state index contributed by atoms with van der Waals surface area (Å²) in [6.45, 7) is 4.23. The number of nitrogens with zero attached hydrogens (tertiary/aromatic N) is 2. The minimum atomic E-state index is 0.807. The molecule has 72 heavy (non-hydrogen) atoms. The molecule has 16 aromatic rings. The highest BCUT2D eigenvalue weighted by Gasteiger charge is 2.29. The standard InChI is InChI=1S/C66H40N2O4/c1-37-13-7-17-45-47-21-11-25-55(65(47)71-61(37)45)67(53-23-9-19-43-41-15-3-5-27-57(41)69-63(43)53)51-35-31-39-30-34-50-52(36-32-40-29-33-49(51)59(39)60(40)50)68(54-24-10-20-44-42-16-4-6-28-58(42)70-64(44)54)56-26-12-22-48-46-18-8-14-38(2)62(46)72-66(48)56/h3-36H,1-2H3. The lowest BCUT2D eigenvalue weighted by Gasteiger charge is -2.29. The number of benzene rings is 12. The number of anilines is 6. The van der Waals surface area contributed by atoms with E-state index in [4.69, 9.17) is 17.7 Å². The van der Waals surface area contributed by atoms with Gasteiger partial charge in [-0.25, -0.2) is 0 Å². The van der Waals surface area contributed by atoms with Crippen molar-refractivity contribution >= 4 is 154 Å². The lowest BCUT2D eigenvalue weighted by molar-refractivity contribution is 0.663. The van der Waals surface area contributed by atoms with Gasteiger partial charge in [0.1, 0.15) is 22.3 Å². The molecule has 0 saturated heterocycles. The van der Waals surface area contributed by atoms with Crippen LogP contribution in [0.5, 0.6) is 0 Å². The maximum atomic E-state index is 6.97.